The average Bonchev–Trinajstić information content (AvgIpc) is 3.11. The van der Waals surface area contributed by atoms with Gasteiger partial charge in [-0.1, -0.05) is 23.7 Å². The molecular formula is C23H22ClN5O3. The van der Waals surface area contributed by atoms with E-state index in [0.29, 0.717) is 22.7 Å². The summed E-state index contributed by atoms with van der Waals surface area (Å²) in [5.41, 5.74) is 2.93. The number of aryl methyl sites for hydroxylation is 2. The summed E-state index contributed by atoms with van der Waals surface area (Å²) < 4.78 is 7.07. The zero-order chi connectivity index (χ0) is 23.3. The molecule has 3 aromatic rings. The van der Waals surface area contributed by atoms with E-state index in [4.69, 9.17) is 21.6 Å². The highest BCUT2D eigenvalue weighted by Gasteiger charge is 2.19. The largest absolute Gasteiger partial charge is 0.482 e. The second kappa shape index (κ2) is 9.98. The molecule has 2 N–H and O–H groups in total. The Morgan fingerprint density at radius 2 is 1.94 bits per heavy atom. The Labute approximate surface area is 190 Å². The SMILES string of the molecule is Cc1cc(C)n(C(C)C(=O)Nc2ccc(NC(=O)COc3ccccc3C#N)cc2Cl)n1. The van der Waals surface area contributed by atoms with E-state index in [1.165, 1.54) is 6.07 Å². The molecule has 0 aliphatic heterocycles. The summed E-state index contributed by atoms with van der Waals surface area (Å²) in [6.07, 6.45) is 0. The van der Waals surface area contributed by atoms with Gasteiger partial charge in [0.15, 0.2) is 6.61 Å². The van der Waals surface area contributed by atoms with Crippen LogP contribution in [0, 0.1) is 25.2 Å². The van der Waals surface area contributed by atoms with Crippen molar-refractivity contribution in [2.75, 3.05) is 17.2 Å². The molecule has 1 atom stereocenters. The lowest BCUT2D eigenvalue weighted by atomic mass is 10.2. The number of anilines is 2. The molecule has 0 radical (unpaired) electrons. The molecule has 32 heavy (non-hydrogen) atoms. The zero-order valence-corrected chi connectivity index (χ0v) is 18.6. The molecule has 164 valence electrons. The Balaban J connectivity index is 1.59. The quantitative estimate of drug-likeness (QED) is 0.558. The highest BCUT2D eigenvalue weighted by Crippen LogP contribution is 2.27. The molecule has 1 heterocycles. The molecule has 1 unspecified atom stereocenters. The molecule has 2 aromatic carbocycles. The van der Waals surface area contributed by atoms with Gasteiger partial charge in [0.1, 0.15) is 17.9 Å². The van der Waals surface area contributed by atoms with E-state index in [9.17, 15) is 9.59 Å². The highest BCUT2D eigenvalue weighted by molar-refractivity contribution is 6.34. The normalized spacial score (nSPS) is 11.3. The molecule has 0 fully saturated rings. The van der Waals surface area contributed by atoms with Crippen molar-refractivity contribution in [1.82, 2.24) is 9.78 Å². The number of nitrogens with one attached hydrogen (secondary N) is 2. The molecule has 9 heteroatoms. The fourth-order valence-electron chi connectivity index (χ4n) is 3.11. The fraction of sp³-hybridized carbons (Fsp3) is 0.217. The van der Waals surface area contributed by atoms with Crippen LogP contribution in [0.3, 0.4) is 0 Å². The molecule has 8 nitrogen and oxygen atoms in total. The number of hydrogen-bond donors (Lipinski definition) is 2. The van der Waals surface area contributed by atoms with Crippen molar-refractivity contribution in [3.63, 3.8) is 0 Å². The predicted octanol–water partition coefficient (Wildman–Crippen LogP) is 4.24. The number of ether oxygens (including phenoxy) is 1. The summed E-state index contributed by atoms with van der Waals surface area (Å²) in [6.45, 7) is 5.24. The molecule has 2 amide bonds. The first-order valence-corrected chi connectivity index (χ1v) is 10.2. The Hall–Kier alpha value is -3.83. The smallest absolute Gasteiger partial charge is 0.262 e. The first kappa shape index (κ1) is 22.8. The van der Waals surface area contributed by atoms with Gasteiger partial charge in [-0.2, -0.15) is 10.4 Å². The summed E-state index contributed by atoms with van der Waals surface area (Å²) in [6, 6.07) is 14.8. The number of aromatic nitrogens is 2. The maximum atomic E-state index is 12.6. The highest BCUT2D eigenvalue weighted by atomic mass is 35.5. The minimum Gasteiger partial charge on any atom is -0.482 e. The number of nitriles is 1. The van der Waals surface area contributed by atoms with E-state index in [0.717, 1.165) is 11.4 Å². The lowest BCUT2D eigenvalue weighted by Crippen LogP contribution is -2.25. The average molecular weight is 452 g/mol. The van der Waals surface area contributed by atoms with Crippen LogP contribution < -0.4 is 15.4 Å². The van der Waals surface area contributed by atoms with Crippen molar-refractivity contribution in [1.29, 1.82) is 5.26 Å². The van der Waals surface area contributed by atoms with Gasteiger partial charge >= 0.3 is 0 Å². The minimum absolute atomic E-state index is 0.264. The predicted molar refractivity (Wildman–Crippen MR) is 122 cm³/mol. The van der Waals surface area contributed by atoms with E-state index in [-0.39, 0.29) is 17.5 Å². The van der Waals surface area contributed by atoms with E-state index >= 15 is 0 Å². The van der Waals surface area contributed by atoms with Gasteiger partial charge in [0.2, 0.25) is 5.91 Å². The van der Waals surface area contributed by atoms with E-state index in [2.05, 4.69) is 15.7 Å². The number of para-hydroxylation sites is 1. The van der Waals surface area contributed by atoms with Crippen LogP contribution in [0.2, 0.25) is 5.02 Å². The third-order valence-electron chi connectivity index (χ3n) is 4.67. The molecule has 0 spiro atoms. The van der Waals surface area contributed by atoms with Crippen LogP contribution in [-0.4, -0.2) is 28.2 Å². The van der Waals surface area contributed by atoms with Crippen molar-refractivity contribution in [2.24, 2.45) is 0 Å². The van der Waals surface area contributed by atoms with E-state index in [1.54, 1.807) is 48.0 Å². The van der Waals surface area contributed by atoms with Gasteiger partial charge in [-0.15, -0.1) is 0 Å². The maximum absolute atomic E-state index is 12.6. The molecule has 3 rings (SSSR count). The first-order chi connectivity index (χ1) is 15.3. The second-order valence-electron chi connectivity index (χ2n) is 7.18. The van der Waals surface area contributed by atoms with Crippen molar-refractivity contribution >= 4 is 34.8 Å². The molecular weight excluding hydrogens is 430 g/mol. The zero-order valence-electron chi connectivity index (χ0n) is 17.8. The van der Waals surface area contributed by atoms with Crippen LogP contribution in [0.1, 0.15) is 29.9 Å². The lowest BCUT2D eigenvalue weighted by Gasteiger charge is -2.16. The van der Waals surface area contributed by atoms with Gasteiger partial charge < -0.3 is 15.4 Å². The number of amides is 2. The van der Waals surface area contributed by atoms with Crippen molar-refractivity contribution in [3.05, 3.63) is 70.5 Å². The number of hydrogen-bond acceptors (Lipinski definition) is 5. The fourth-order valence-corrected chi connectivity index (χ4v) is 3.33. The summed E-state index contributed by atoms with van der Waals surface area (Å²) in [5, 5.41) is 19.1. The second-order valence-corrected chi connectivity index (χ2v) is 7.58. The maximum Gasteiger partial charge on any atom is 0.262 e. The first-order valence-electron chi connectivity index (χ1n) is 9.83. The van der Waals surface area contributed by atoms with Crippen LogP contribution in [0.5, 0.6) is 5.75 Å². The number of nitrogens with zero attached hydrogens (tertiary/aromatic N) is 3. The van der Waals surface area contributed by atoms with Crippen LogP contribution >= 0.6 is 11.6 Å². The number of carbonyl (C=O) groups is 2. The van der Waals surface area contributed by atoms with E-state index in [1.807, 2.05) is 26.0 Å². The molecule has 1 aromatic heterocycles. The lowest BCUT2D eigenvalue weighted by molar-refractivity contribution is -0.119. The van der Waals surface area contributed by atoms with Gasteiger partial charge in [-0.05, 0) is 57.2 Å². The number of benzene rings is 2. The van der Waals surface area contributed by atoms with Gasteiger partial charge in [-0.25, -0.2) is 0 Å². The van der Waals surface area contributed by atoms with Crippen LogP contribution in [-0.2, 0) is 9.59 Å². The third kappa shape index (κ3) is 5.45. The van der Waals surface area contributed by atoms with Crippen LogP contribution in [0.25, 0.3) is 0 Å². The van der Waals surface area contributed by atoms with Gasteiger partial charge in [0.05, 0.1) is 22.0 Å². The topological polar surface area (TPSA) is 109 Å². The molecule has 0 aliphatic rings. The minimum atomic E-state index is -0.521. The Bertz CT molecular complexity index is 1200. The molecule has 0 saturated heterocycles. The summed E-state index contributed by atoms with van der Waals surface area (Å²) in [7, 11) is 0. The number of rotatable bonds is 7. The Kier molecular flexibility index (Phi) is 7.13. The third-order valence-corrected chi connectivity index (χ3v) is 4.98. The monoisotopic (exact) mass is 451 g/mol. The van der Waals surface area contributed by atoms with Crippen LogP contribution in [0.4, 0.5) is 11.4 Å². The Morgan fingerprint density at radius 3 is 2.59 bits per heavy atom. The van der Waals surface area contributed by atoms with Crippen LogP contribution in [0.15, 0.2) is 48.5 Å². The van der Waals surface area contributed by atoms with Crippen molar-refractivity contribution < 1.29 is 14.3 Å². The molecule has 0 saturated carbocycles. The number of carbonyl (C=O) groups excluding carboxylic acids is 2. The van der Waals surface area contributed by atoms with Gasteiger partial charge in [-0.3, -0.25) is 14.3 Å². The van der Waals surface area contributed by atoms with Gasteiger partial charge in [0.25, 0.3) is 5.91 Å². The summed E-state index contributed by atoms with van der Waals surface area (Å²) in [5.74, 6) is -0.346. The molecule has 0 aliphatic carbocycles. The van der Waals surface area contributed by atoms with E-state index < -0.39 is 11.9 Å². The molecule has 0 bridgehead atoms. The summed E-state index contributed by atoms with van der Waals surface area (Å²) >= 11 is 6.30. The standard InChI is InChI=1S/C23H22ClN5O3/c1-14-10-15(2)29(28-14)16(3)23(31)27-20-9-8-18(11-19(20)24)26-22(30)13-32-21-7-5-4-6-17(21)12-25/h4-11,16H,13H2,1-3H3,(H,26,30)(H,27,31). The number of halogens is 1. The van der Waals surface area contributed by atoms with Gasteiger partial charge in [0, 0.05) is 11.4 Å². The Morgan fingerprint density at radius 1 is 1.19 bits per heavy atom. The van der Waals surface area contributed by atoms with Crippen molar-refractivity contribution in [2.45, 2.75) is 26.8 Å². The van der Waals surface area contributed by atoms with Crippen molar-refractivity contribution in [3.8, 4) is 11.8 Å². The summed E-state index contributed by atoms with van der Waals surface area (Å²) in [4.78, 5) is 24.8.